The first-order chi connectivity index (χ1) is 10.2. The molecule has 1 aromatic carbocycles. The molecule has 2 rings (SSSR count). The Kier molecular flexibility index (Phi) is 6.16. The van der Waals surface area contributed by atoms with Crippen LogP contribution in [0.25, 0.3) is 0 Å². The lowest BCUT2D eigenvalue weighted by Crippen LogP contribution is -2.27. The Morgan fingerprint density at radius 1 is 1.48 bits per heavy atom. The summed E-state index contributed by atoms with van der Waals surface area (Å²) >= 11 is 1.75. The van der Waals surface area contributed by atoms with Crippen molar-refractivity contribution < 1.29 is 9.90 Å². The minimum atomic E-state index is 0.0708. The van der Waals surface area contributed by atoms with Crippen molar-refractivity contribution in [1.82, 2.24) is 0 Å². The highest BCUT2D eigenvalue weighted by Crippen LogP contribution is 2.27. The molecule has 0 radical (unpaired) electrons. The van der Waals surface area contributed by atoms with Crippen LogP contribution in [0.1, 0.15) is 36.8 Å². The molecule has 0 aromatic heterocycles. The molecule has 1 aliphatic heterocycles. The summed E-state index contributed by atoms with van der Waals surface area (Å²) in [5, 5.41) is 11.8. The minimum Gasteiger partial charge on any atom is -0.395 e. The average Bonchev–Trinajstić information content (AvgIpc) is 2.51. The van der Waals surface area contributed by atoms with Gasteiger partial charge < -0.3 is 10.4 Å². The lowest BCUT2D eigenvalue weighted by Gasteiger charge is -2.21. The molecule has 1 atom stereocenters. The fourth-order valence-electron chi connectivity index (χ4n) is 2.22. The molecule has 1 heterocycles. The number of carbonyl (C=O) groups is 1. The summed E-state index contributed by atoms with van der Waals surface area (Å²) < 4.78 is 0. The van der Waals surface area contributed by atoms with E-state index in [0.717, 1.165) is 35.4 Å². The number of aliphatic hydroxyl groups is 1. The molecule has 112 valence electrons. The quantitative estimate of drug-likeness (QED) is 0.844. The summed E-state index contributed by atoms with van der Waals surface area (Å²) in [4.78, 5) is 12.3. The third kappa shape index (κ3) is 4.80. The number of carbonyl (C=O) groups excluding carboxylic acids is 1. The molecule has 1 fully saturated rings. The first kappa shape index (κ1) is 15.9. The molecule has 2 N–H and O–H groups in total. The first-order valence-corrected chi connectivity index (χ1v) is 8.38. The Bertz CT molecular complexity index is 554. The Balaban J connectivity index is 2.06. The molecular formula is C17H21NO2S. The van der Waals surface area contributed by atoms with Crippen molar-refractivity contribution in [2.45, 2.75) is 37.9 Å². The van der Waals surface area contributed by atoms with E-state index in [0.29, 0.717) is 6.42 Å². The van der Waals surface area contributed by atoms with Gasteiger partial charge in [0.1, 0.15) is 0 Å². The van der Waals surface area contributed by atoms with E-state index in [1.165, 1.54) is 6.42 Å². The molecule has 21 heavy (non-hydrogen) atoms. The fourth-order valence-corrected chi connectivity index (χ4v) is 3.41. The third-order valence-electron chi connectivity index (χ3n) is 3.44. The zero-order valence-corrected chi connectivity index (χ0v) is 13.1. The molecule has 4 heteroatoms. The van der Waals surface area contributed by atoms with Crippen LogP contribution in [0.4, 0.5) is 5.69 Å². The van der Waals surface area contributed by atoms with Crippen LogP contribution in [0.15, 0.2) is 18.2 Å². The van der Waals surface area contributed by atoms with E-state index in [1.807, 2.05) is 25.1 Å². The number of thioether (sulfide) groups is 1. The summed E-state index contributed by atoms with van der Waals surface area (Å²) in [6.45, 7) is 2.05. The predicted molar refractivity (Wildman–Crippen MR) is 88.5 cm³/mol. The molecule has 1 aromatic rings. The van der Waals surface area contributed by atoms with E-state index in [-0.39, 0.29) is 17.8 Å². The topological polar surface area (TPSA) is 49.3 Å². The number of anilines is 1. The van der Waals surface area contributed by atoms with Crippen molar-refractivity contribution in [3.63, 3.8) is 0 Å². The van der Waals surface area contributed by atoms with Gasteiger partial charge in [0, 0.05) is 17.7 Å². The summed E-state index contributed by atoms with van der Waals surface area (Å²) in [6.07, 6.45) is 3.78. The van der Waals surface area contributed by atoms with Crippen LogP contribution in [0.5, 0.6) is 0 Å². The maximum atomic E-state index is 12.3. The fraction of sp³-hybridized carbons (Fsp3) is 0.471. The van der Waals surface area contributed by atoms with Crippen LogP contribution in [0.3, 0.4) is 0 Å². The number of benzene rings is 1. The third-order valence-corrected chi connectivity index (χ3v) is 4.81. The number of amides is 1. The lowest BCUT2D eigenvalue weighted by molar-refractivity contribution is -0.115. The second kappa shape index (κ2) is 8.11. The average molecular weight is 303 g/mol. The van der Waals surface area contributed by atoms with Crippen LogP contribution >= 0.6 is 11.8 Å². The van der Waals surface area contributed by atoms with E-state index < -0.39 is 0 Å². The van der Waals surface area contributed by atoms with Crippen molar-refractivity contribution in [2.24, 2.45) is 0 Å². The van der Waals surface area contributed by atoms with Crippen molar-refractivity contribution in [3.8, 4) is 11.8 Å². The predicted octanol–water partition coefficient (Wildman–Crippen LogP) is 2.95. The first-order valence-electron chi connectivity index (χ1n) is 7.33. The highest BCUT2D eigenvalue weighted by atomic mass is 32.2. The number of aliphatic hydroxyl groups excluding tert-OH is 1. The standard InChI is InChI=1S/C17H21NO2S/c1-13-8-9-14(6-2-4-10-19)12-15(13)18-17(20)16-7-3-5-11-21-16/h8-9,12,16,19H,3-5,7,10-11H2,1H3,(H,18,20). The monoisotopic (exact) mass is 303 g/mol. The van der Waals surface area contributed by atoms with Gasteiger partial charge in [-0.3, -0.25) is 4.79 Å². The van der Waals surface area contributed by atoms with E-state index in [1.54, 1.807) is 11.8 Å². The molecule has 1 amide bonds. The lowest BCUT2D eigenvalue weighted by atomic mass is 10.1. The van der Waals surface area contributed by atoms with Crippen LogP contribution < -0.4 is 5.32 Å². The number of hydrogen-bond acceptors (Lipinski definition) is 3. The van der Waals surface area contributed by atoms with Crippen molar-refractivity contribution in [2.75, 3.05) is 17.7 Å². The SMILES string of the molecule is Cc1ccc(C#CCCO)cc1NC(=O)C1CCCCS1. The van der Waals surface area contributed by atoms with Gasteiger partial charge in [-0.25, -0.2) is 0 Å². The molecule has 1 aliphatic rings. The van der Waals surface area contributed by atoms with E-state index >= 15 is 0 Å². The van der Waals surface area contributed by atoms with Gasteiger partial charge in [0.15, 0.2) is 0 Å². The zero-order chi connectivity index (χ0) is 15.1. The molecule has 3 nitrogen and oxygen atoms in total. The van der Waals surface area contributed by atoms with Gasteiger partial charge in [0.05, 0.1) is 11.9 Å². The molecule has 0 aliphatic carbocycles. The molecule has 0 bridgehead atoms. The van der Waals surface area contributed by atoms with Crippen LogP contribution in [-0.4, -0.2) is 28.6 Å². The van der Waals surface area contributed by atoms with Crippen molar-refractivity contribution in [3.05, 3.63) is 29.3 Å². The van der Waals surface area contributed by atoms with Gasteiger partial charge >= 0.3 is 0 Å². The van der Waals surface area contributed by atoms with E-state index in [2.05, 4.69) is 17.2 Å². The van der Waals surface area contributed by atoms with Crippen LogP contribution in [-0.2, 0) is 4.79 Å². The highest BCUT2D eigenvalue weighted by molar-refractivity contribution is 8.00. The maximum Gasteiger partial charge on any atom is 0.237 e. The second-order valence-corrected chi connectivity index (χ2v) is 6.46. The largest absolute Gasteiger partial charge is 0.395 e. The summed E-state index contributed by atoms with van der Waals surface area (Å²) in [6, 6.07) is 5.81. The molecule has 0 spiro atoms. The number of rotatable bonds is 3. The van der Waals surface area contributed by atoms with Crippen molar-refractivity contribution >= 4 is 23.4 Å². The minimum absolute atomic E-state index is 0.0708. The normalized spacial score (nSPS) is 17.7. The highest BCUT2D eigenvalue weighted by Gasteiger charge is 2.22. The van der Waals surface area contributed by atoms with Crippen molar-refractivity contribution in [1.29, 1.82) is 0 Å². The van der Waals surface area contributed by atoms with Gasteiger partial charge in [0.2, 0.25) is 5.91 Å². The summed E-state index contributed by atoms with van der Waals surface area (Å²) in [5.41, 5.74) is 2.74. The maximum absolute atomic E-state index is 12.3. The van der Waals surface area contributed by atoms with Gasteiger partial charge in [0.25, 0.3) is 0 Å². The van der Waals surface area contributed by atoms with Gasteiger partial charge in [-0.05, 0) is 43.2 Å². The van der Waals surface area contributed by atoms with Crippen LogP contribution in [0.2, 0.25) is 0 Å². The number of nitrogens with one attached hydrogen (secondary N) is 1. The second-order valence-electron chi connectivity index (χ2n) is 5.15. The Morgan fingerprint density at radius 3 is 3.05 bits per heavy atom. The van der Waals surface area contributed by atoms with E-state index in [4.69, 9.17) is 5.11 Å². The Hall–Kier alpha value is -1.44. The molecule has 1 unspecified atom stereocenters. The number of hydrogen-bond donors (Lipinski definition) is 2. The van der Waals surface area contributed by atoms with Gasteiger partial charge in [-0.15, -0.1) is 11.8 Å². The molecule has 1 saturated heterocycles. The summed E-state index contributed by atoms with van der Waals surface area (Å²) in [7, 11) is 0. The smallest absolute Gasteiger partial charge is 0.237 e. The van der Waals surface area contributed by atoms with Gasteiger partial charge in [-0.1, -0.05) is 24.3 Å². The summed E-state index contributed by atoms with van der Waals surface area (Å²) in [5.74, 6) is 7.07. The number of aryl methyl sites for hydroxylation is 1. The molecule has 0 saturated carbocycles. The Labute approximate surface area is 130 Å². The van der Waals surface area contributed by atoms with Crippen LogP contribution in [0, 0.1) is 18.8 Å². The molecular weight excluding hydrogens is 282 g/mol. The zero-order valence-electron chi connectivity index (χ0n) is 12.3. The van der Waals surface area contributed by atoms with Gasteiger partial charge in [-0.2, -0.15) is 0 Å². The van der Waals surface area contributed by atoms with E-state index in [9.17, 15) is 4.79 Å². The Morgan fingerprint density at radius 2 is 2.33 bits per heavy atom.